The lowest BCUT2D eigenvalue weighted by molar-refractivity contribution is 0.415. The van der Waals surface area contributed by atoms with E-state index in [4.69, 9.17) is 20.9 Å². The maximum Gasteiger partial charge on any atom is 0.259 e. The third-order valence-electron chi connectivity index (χ3n) is 2.93. The first-order valence-electron chi connectivity index (χ1n) is 6.11. The van der Waals surface area contributed by atoms with Crippen molar-refractivity contribution in [1.82, 2.24) is 10.1 Å². The molecular formula is C15H10BrClN2O2. The Kier molecular flexibility index (Phi) is 3.94. The Labute approximate surface area is 134 Å². The number of methoxy groups -OCH3 is 1. The van der Waals surface area contributed by atoms with Crippen LogP contribution >= 0.6 is 27.5 Å². The van der Waals surface area contributed by atoms with Gasteiger partial charge in [-0.1, -0.05) is 32.7 Å². The summed E-state index contributed by atoms with van der Waals surface area (Å²) in [5.74, 6) is 1.66. The van der Waals surface area contributed by atoms with Crippen LogP contribution in [0.1, 0.15) is 0 Å². The van der Waals surface area contributed by atoms with Crippen molar-refractivity contribution in [3.05, 3.63) is 52.0 Å². The summed E-state index contributed by atoms with van der Waals surface area (Å²) in [4.78, 5) is 4.38. The van der Waals surface area contributed by atoms with Crippen LogP contribution in [0.5, 0.6) is 5.75 Å². The number of hydrogen-bond acceptors (Lipinski definition) is 4. The van der Waals surface area contributed by atoms with E-state index in [2.05, 4.69) is 26.1 Å². The second-order valence-electron chi connectivity index (χ2n) is 4.28. The SMILES string of the molecule is COc1ccc(-c2noc(-c3cc(Br)ccc3Cl)n2)cc1. The van der Waals surface area contributed by atoms with E-state index in [-0.39, 0.29) is 0 Å². The highest BCUT2D eigenvalue weighted by Crippen LogP contribution is 2.31. The van der Waals surface area contributed by atoms with Crippen molar-refractivity contribution in [2.75, 3.05) is 7.11 Å². The molecule has 21 heavy (non-hydrogen) atoms. The number of nitrogens with zero attached hydrogens (tertiary/aromatic N) is 2. The van der Waals surface area contributed by atoms with E-state index < -0.39 is 0 Å². The van der Waals surface area contributed by atoms with Crippen molar-refractivity contribution in [2.45, 2.75) is 0 Å². The van der Waals surface area contributed by atoms with Gasteiger partial charge in [0.15, 0.2) is 0 Å². The average molecular weight is 366 g/mol. The molecule has 2 aromatic carbocycles. The number of hydrogen-bond donors (Lipinski definition) is 0. The second kappa shape index (κ2) is 5.87. The number of ether oxygens (including phenoxy) is 1. The second-order valence-corrected chi connectivity index (χ2v) is 5.60. The van der Waals surface area contributed by atoms with Crippen molar-refractivity contribution < 1.29 is 9.26 Å². The summed E-state index contributed by atoms with van der Waals surface area (Å²) in [6.45, 7) is 0. The lowest BCUT2D eigenvalue weighted by atomic mass is 10.2. The summed E-state index contributed by atoms with van der Waals surface area (Å²) in [5.41, 5.74) is 1.54. The molecule has 0 atom stereocenters. The van der Waals surface area contributed by atoms with Crippen LogP contribution in [0.25, 0.3) is 22.8 Å². The minimum absolute atomic E-state index is 0.382. The van der Waals surface area contributed by atoms with Crippen molar-refractivity contribution in [3.63, 3.8) is 0 Å². The molecule has 0 radical (unpaired) electrons. The molecule has 0 unspecified atom stereocenters. The van der Waals surface area contributed by atoms with Crippen molar-refractivity contribution >= 4 is 27.5 Å². The largest absolute Gasteiger partial charge is 0.497 e. The molecule has 1 aromatic heterocycles. The van der Waals surface area contributed by atoms with Crippen molar-refractivity contribution in [1.29, 1.82) is 0 Å². The van der Waals surface area contributed by atoms with Crippen LogP contribution in [-0.2, 0) is 0 Å². The van der Waals surface area contributed by atoms with Gasteiger partial charge >= 0.3 is 0 Å². The molecule has 6 heteroatoms. The quantitative estimate of drug-likeness (QED) is 0.667. The third kappa shape index (κ3) is 2.94. The first-order chi connectivity index (χ1) is 10.2. The van der Waals surface area contributed by atoms with Crippen LogP contribution < -0.4 is 4.74 Å². The number of aromatic nitrogens is 2. The molecule has 3 aromatic rings. The molecule has 0 bridgehead atoms. The van der Waals surface area contributed by atoms with Crippen LogP contribution in [0.15, 0.2) is 51.5 Å². The summed E-state index contributed by atoms with van der Waals surface area (Å²) in [6, 6.07) is 12.9. The van der Waals surface area contributed by atoms with E-state index in [0.29, 0.717) is 22.3 Å². The average Bonchev–Trinajstić information content (AvgIpc) is 2.99. The molecule has 106 valence electrons. The zero-order valence-corrected chi connectivity index (χ0v) is 13.4. The fourth-order valence-corrected chi connectivity index (χ4v) is 2.41. The van der Waals surface area contributed by atoms with E-state index in [0.717, 1.165) is 15.8 Å². The highest BCUT2D eigenvalue weighted by Gasteiger charge is 2.14. The van der Waals surface area contributed by atoms with Gasteiger partial charge in [0.05, 0.1) is 17.7 Å². The van der Waals surface area contributed by atoms with Crippen molar-refractivity contribution in [3.8, 4) is 28.6 Å². The molecule has 0 aliphatic rings. The van der Waals surface area contributed by atoms with E-state index in [1.54, 1.807) is 13.2 Å². The molecule has 0 saturated carbocycles. The van der Waals surface area contributed by atoms with Gasteiger partial charge in [-0.3, -0.25) is 0 Å². The first kappa shape index (κ1) is 14.1. The first-order valence-corrected chi connectivity index (χ1v) is 7.28. The molecule has 0 amide bonds. The van der Waals surface area contributed by atoms with E-state index >= 15 is 0 Å². The predicted octanol–water partition coefficient (Wildman–Crippen LogP) is 4.83. The van der Waals surface area contributed by atoms with Gasteiger partial charge in [0, 0.05) is 10.0 Å². The maximum atomic E-state index is 6.16. The normalized spacial score (nSPS) is 10.6. The Balaban J connectivity index is 1.97. The maximum absolute atomic E-state index is 6.16. The van der Waals surface area contributed by atoms with Crippen LogP contribution in [0, 0.1) is 0 Å². The molecule has 0 N–H and O–H groups in total. The third-order valence-corrected chi connectivity index (χ3v) is 3.76. The molecule has 0 saturated heterocycles. The lowest BCUT2D eigenvalue weighted by Crippen LogP contribution is -1.84. The highest BCUT2D eigenvalue weighted by atomic mass is 79.9. The Morgan fingerprint density at radius 1 is 1.14 bits per heavy atom. The summed E-state index contributed by atoms with van der Waals surface area (Å²) in [6.07, 6.45) is 0. The monoisotopic (exact) mass is 364 g/mol. The van der Waals surface area contributed by atoms with Gasteiger partial charge in [-0.25, -0.2) is 0 Å². The van der Waals surface area contributed by atoms with Crippen LogP contribution in [0.3, 0.4) is 0 Å². The number of benzene rings is 2. The highest BCUT2D eigenvalue weighted by molar-refractivity contribution is 9.10. The van der Waals surface area contributed by atoms with Gasteiger partial charge in [-0.05, 0) is 42.5 Å². The molecule has 0 spiro atoms. The molecule has 4 nitrogen and oxygen atoms in total. The van der Waals surface area contributed by atoms with Gasteiger partial charge in [0.2, 0.25) is 5.82 Å². The van der Waals surface area contributed by atoms with Gasteiger partial charge in [0.1, 0.15) is 5.75 Å². The summed E-state index contributed by atoms with van der Waals surface area (Å²) >= 11 is 9.56. The van der Waals surface area contributed by atoms with Crippen molar-refractivity contribution in [2.24, 2.45) is 0 Å². The van der Waals surface area contributed by atoms with E-state index in [9.17, 15) is 0 Å². The van der Waals surface area contributed by atoms with E-state index in [1.165, 1.54) is 0 Å². The molecule has 0 fully saturated rings. The Morgan fingerprint density at radius 2 is 1.90 bits per heavy atom. The zero-order chi connectivity index (χ0) is 14.8. The Bertz CT molecular complexity index is 772. The summed E-state index contributed by atoms with van der Waals surface area (Å²) in [5, 5.41) is 4.55. The fourth-order valence-electron chi connectivity index (χ4n) is 1.85. The Morgan fingerprint density at radius 3 is 2.62 bits per heavy atom. The van der Waals surface area contributed by atoms with Gasteiger partial charge in [-0.15, -0.1) is 0 Å². The number of rotatable bonds is 3. The molecular weight excluding hydrogens is 356 g/mol. The predicted molar refractivity (Wildman–Crippen MR) is 84.4 cm³/mol. The minimum atomic E-state index is 0.382. The van der Waals surface area contributed by atoms with E-state index in [1.807, 2.05) is 36.4 Å². The summed E-state index contributed by atoms with van der Waals surface area (Å²) < 4.78 is 11.3. The molecule has 3 rings (SSSR count). The molecule has 0 aliphatic heterocycles. The van der Waals surface area contributed by atoms with Crippen LogP contribution in [0.4, 0.5) is 0 Å². The topological polar surface area (TPSA) is 48.2 Å². The van der Waals surface area contributed by atoms with Crippen LogP contribution in [-0.4, -0.2) is 17.3 Å². The lowest BCUT2D eigenvalue weighted by Gasteiger charge is -1.99. The van der Waals surface area contributed by atoms with Crippen LogP contribution in [0.2, 0.25) is 5.02 Å². The summed E-state index contributed by atoms with van der Waals surface area (Å²) in [7, 11) is 1.62. The smallest absolute Gasteiger partial charge is 0.259 e. The van der Waals surface area contributed by atoms with Gasteiger partial charge in [0.25, 0.3) is 5.89 Å². The Hall–Kier alpha value is -1.85. The minimum Gasteiger partial charge on any atom is -0.497 e. The fraction of sp³-hybridized carbons (Fsp3) is 0.0667. The number of halogens is 2. The van der Waals surface area contributed by atoms with Gasteiger partial charge < -0.3 is 9.26 Å². The standard InChI is InChI=1S/C15H10BrClN2O2/c1-20-11-5-2-9(3-6-11)14-18-15(21-19-14)12-8-10(16)4-7-13(12)17/h2-8H,1H3. The molecule has 1 heterocycles. The van der Waals surface area contributed by atoms with Gasteiger partial charge in [-0.2, -0.15) is 4.98 Å². The molecule has 0 aliphatic carbocycles. The zero-order valence-electron chi connectivity index (χ0n) is 11.0.